The van der Waals surface area contributed by atoms with Crippen LogP contribution in [0.2, 0.25) is 5.28 Å². The SMILES string of the molecule is CCC1CCCN(c2nc(Cl)ncc2C)CC1. The largest absolute Gasteiger partial charge is 0.356 e. The molecule has 1 aromatic heterocycles. The standard InChI is InChI=1S/C13H20ClN3/c1-3-11-5-4-7-17(8-6-11)12-10(2)9-15-13(14)16-12/h9,11H,3-8H2,1-2H3. The van der Waals surface area contributed by atoms with Crippen LogP contribution in [0.3, 0.4) is 0 Å². The Labute approximate surface area is 108 Å². The summed E-state index contributed by atoms with van der Waals surface area (Å²) < 4.78 is 0. The Hall–Kier alpha value is -0.830. The van der Waals surface area contributed by atoms with Gasteiger partial charge in [0.05, 0.1) is 0 Å². The average molecular weight is 254 g/mol. The van der Waals surface area contributed by atoms with Crippen LogP contribution in [0, 0.1) is 12.8 Å². The number of hydrogen-bond donors (Lipinski definition) is 0. The molecule has 0 bridgehead atoms. The fourth-order valence-electron chi connectivity index (χ4n) is 2.52. The third-order valence-corrected chi connectivity index (χ3v) is 3.82. The maximum Gasteiger partial charge on any atom is 0.224 e. The predicted octanol–water partition coefficient (Wildman–Crippen LogP) is 3.45. The Morgan fingerprint density at radius 3 is 3.00 bits per heavy atom. The number of aryl methyl sites for hydroxylation is 1. The van der Waals surface area contributed by atoms with Gasteiger partial charge in [-0.3, -0.25) is 0 Å². The monoisotopic (exact) mass is 253 g/mol. The molecule has 0 radical (unpaired) electrons. The minimum absolute atomic E-state index is 0.349. The van der Waals surface area contributed by atoms with Crippen molar-refractivity contribution in [2.75, 3.05) is 18.0 Å². The Morgan fingerprint density at radius 1 is 1.41 bits per heavy atom. The lowest BCUT2D eigenvalue weighted by molar-refractivity contribution is 0.459. The molecule has 1 aliphatic rings. The molecule has 0 N–H and O–H groups in total. The van der Waals surface area contributed by atoms with Crippen molar-refractivity contribution in [3.05, 3.63) is 17.0 Å². The summed E-state index contributed by atoms with van der Waals surface area (Å²) in [6, 6.07) is 0. The minimum atomic E-state index is 0.349. The van der Waals surface area contributed by atoms with E-state index in [0.717, 1.165) is 30.4 Å². The zero-order chi connectivity index (χ0) is 12.3. The van der Waals surface area contributed by atoms with Gasteiger partial charge in [0.25, 0.3) is 0 Å². The molecule has 17 heavy (non-hydrogen) atoms. The first-order valence-electron chi connectivity index (χ1n) is 6.44. The normalized spacial score (nSPS) is 21.4. The molecule has 2 rings (SSSR count). The highest BCUT2D eigenvalue weighted by Crippen LogP contribution is 2.25. The lowest BCUT2D eigenvalue weighted by Gasteiger charge is -2.23. The van der Waals surface area contributed by atoms with Crippen molar-refractivity contribution in [3.8, 4) is 0 Å². The highest BCUT2D eigenvalue weighted by molar-refractivity contribution is 6.28. The Balaban J connectivity index is 2.13. The summed E-state index contributed by atoms with van der Waals surface area (Å²) in [7, 11) is 0. The Kier molecular flexibility index (Phi) is 4.21. The number of halogens is 1. The summed E-state index contributed by atoms with van der Waals surface area (Å²) in [6.45, 7) is 6.51. The van der Waals surface area contributed by atoms with E-state index in [9.17, 15) is 0 Å². The second-order valence-corrected chi connectivity index (χ2v) is 5.18. The molecule has 0 aromatic carbocycles. The molecule has 1 atom stereocenters. The number of hydrogen-bond acceptors (Lipinski definition) is 3. The molecule has 3 nitrogen and oxygen atoms in total. The summed E-state index contributed by atoms with van der Waals surface area (Å²) in [5.41, 5.74) is 1.12. The summed E-state index contributed by atoms with van der Waals surface area (Å²) >= 11 is 5.88. The van der Waals surface area contributed by atoms with Gasteiger partial charge in [-0.25, -0.2) is 9.97 Å². The fourth-order valence-corrected chi connectivity index (χ4v) is 2.65. The minimum Gasteiger partial charge on any atom is -0.356 e. The van der Waals surface area contributed by atoms with E-state index < -0.39 is 0 Å². The van der Waals surface area contributed by atoms with Crippen molar-refractivity contribution in [2.45, 2.75) is 39.5 Å². The van der Waals surface area contributed by atoms with E-state index in [1.54, 1.807) is 0 Å². The van der Waals surface area contributed by atoms with Crippen LogP contribution < -0.4 is 4.90 Å². The van der Waals surface area contributed by atoms with Crippen LogP contribution in [0.15, 0.2) is 6.20 Å². The molecule has 0 amide bonds. The first-order valence-corrected chi connectivity index (χ1v) is 6.82. The van der Waals surface area contributed by atoms with Crippen LogP contribution in [-0.4, -0.2) is 23.1 Å². The third-order valence-electron chi connectivity index (χ3n) is 3.64. The second-order valence-electron chi connectivity index (χ2n) is 4.84. The fraction of sp³-hybridized carbons (Fsp3) is 0.692. The quantitative estimate of drug-likeness (QED) is 0.756. The van der Waals surface area contributed by atoms with Crippen molar-refractivity contribution >= 4 is 17.4 Å². The van der Waals surface area contributed by atoms with Gasteiger partial charge in [0, 0.05) is 24.8 Å². The van der Waals surface area contributed by atoms with Crippen LogP contribution in [-0.2, 0) is 0 Å². The molecule has 1 saturated heterocycles. The number of rotatable bonds is 2. The highest BCUT2D eigenvalue weighted by atomic mass is 35.5. The molecular weight excluding hydrogens is 234 g/mol. The number of nitrogens with zero attached hydrogens (tertiary/aromatic N) is 3. The zero-order valence-electron chi connectivity index (χ0n) is 10.6. The van der Waals surface area contributed by atoms with E-state index in [1.165, 1.54) is 25.7 Å². The zero-order valence-corrected chi connectivity index (χ0v) is 11.4. The first-order chi connectivity index (χ1) is 8.20. The van der Waals surface area contributed by atoms with Gasteiger partial charge in [0.2, 0.25) is 5.28 Å². The summed E-state index contributed by atoms with van der Waals surface area (Å²) in [5.74, 6) is 1.89. The lowest BCUT2D eigenvalue weighted by Crippen LogP contribution is -2.26. The maximum absolute atomic E-state index is 5.88. The van der Waals surface area contributed by atoms with Crippen LogP contribution in [0.5, 0.6) is 0 Å². The summed E-state index contributed by atoms with van der Waals surface area (Å²) in [5, 5.41) is 0.349. The van der Waals surface area contributed by atoms with Crippen molar-refractivity contribution in [3.63, 3.8) is 0 Å². The van der Waals surface area contributed by atoms with E-state index >= 15 is 0 Å². The molecule has 2 heterocycles. The van der Waals surface area contributed by atoms with E-state index in [0.29, 0.717) is 5.28 Å². The van der Waals surface area contributed by atoms with E-state index in [1.807, 2.05) is 13.1 Å². The van der Waals surface area contributed by atoms with Gasteiger partial charge in [-0.1, -0.05) is 13.3 Å². The third kappa shape index (κ3) is 3.09. The van der Waals surface area contributed by atoms with Crippen molar-refractivity contribution in [1.29, 1.82) is 0 Å². The average Bonchev–Trinajstić information content (AvgIpc) is 2.57. The molecule has 94 valence electrons. The van der Waals surface area contributed by atoms with Crippen molar-refractivity contribution in [1.82, 2.24) is 9.97 Å². The highest BCUT2D eigenvalue weighted by Gasteiger charge is 2.18. The first kappa shape index (κ1) is 12.6. The molecular formula is C13H20ClN3. The lowest BCUT2D eigenvalue weighted by atomic mass is 9.98. The number of anilines is 1. The smallest absolute Gasteiger partial charge is 0.224 e. The molecule has 1 aliphatic heterocycles. The summed E-state index contributed by atoms with van der Waals surface area (Å²) in [4.78, 5) is 10.7. The van der Waals surface area contributed by atoms with E-state index in [4.69, 9.17) is 11.6 Å². The van der Waals surface area contributed by atoms with Crippen LogP contribution >= 0.6 is 11.6 Å². The Bertz CT molecular complexity index is 381. The second kappa shape index (κ2) is 5.67. The topological polar surface area (TPSA) is 29.0 Å². The Morgan fingerprint density at radius 2 is 2.24 bits per heavy atom. The molecule has 0 saturated carbocycles. The van der Waals surface area contributed by atoms with E-state index in [-0.39, 0.29) is 0 Å². The molecule has 1 unspecified atom stereocenters. The van der Waals surface area contributed by atoms with Crippen LogP contribution in [0.25, 0.3) is 0 Å². The predicted molar refractivity (Wildman–Crippen MR) is 71.6 cm³/mol. The molecule has 0 aliphatic carbocycles. The van der Waals surface area contributed by atoms with Gasteiger partial charge in [-0.05, 0) is 43.7 Å². The maximum atomic E-state index is 5.88. The van der Waals surface area contributed by atoms with E-state index in [2.05, 4.69) is 21.8 Å². The molecule has 1 fully saturated rings. The van der Waals surface area contributed by atoms with Crippen molar-refractivity contribution in [2.24, 2.45) is 5.92 Å². The van der Waals surface area contributed by atoms with Crippen LogP contribution in [0.4, 0.5) is 5.82 Å². The van der Waals surface area contributed by atoms with Gasteiger partial charge in [-0.2, -0.15) is 0 Å². The van der Waals surface area contributed by atoms with Gasteiger partial charge < -0.3 is 4.90 Å². The van der Waals surface area contributed by atoms with Gasteiger partial charge in [0.1, 0.15) is 5.82 Å². The number of aromatic nitrogens is 2. The van der Waals surface area contributed by atoms with Gasteiger partial charge in [-0.15, -0.1) is 0 Å². The van der Waals surface area contributed by atoms with Crippen LogP contribution in [0.1, 0.15) is 38.2 Å². The van der Waals surface area contributed by atoms with Gasteiger partial charge in [0.15, 0.2) is 0 Å². The summed E-state index contributed by atoms with van der Waals surface area (Å²) in [6.07, 6.45) is 6.95. The van der Waals surface area contributed by atoms with Gasteiger partial charge >= 0.3 is 0 Å². The molecule has 0 spiro atoms. The molecule has 4 heteroatoms. The van der Waals surface area contributed by atoms with Crippen molar-refractivity contribution < 1.29 is 0 Å². The molecule has 1 aromatic rings.